The third-order valence-electron chi connectivity index (χ3n) is 5.53. The predicted octanol–water partition coefficient (Wildman–Crippen LogP) is 2.96. The van der Waals surface area contributed by atoms with Gasteiger partial charge in [0.1, 0.15) is 0 Å². The van der Waals surface area contributed by atoms with Gasteiger partial charge in [0.25, 0.3) is 0 Å². The molecular weight excluding hydrogens is 471 g/mol. The molecule has 0 bridgehead atoms. The molecule has 2 saturated heterocycles. The molecule has 1 aromatic rings. The molecule has 3 heterocycles. The van der Waals surface area contributed by atoms with Crippen LogP contribution in [-0.4, -0.2) is 73.1 Å². The Hall–Kier alpha value is -0.610. The van der Waals surface area contributed by atoms with Gasteiger partial charge in [-0.2, -0.15) is 0 Å². The average molecular weight is 507 g/mol. The van der Waals surface area contributed by atoms with Crippen molar-refractivity contribution in [3.05, 3.63) is 11.6 Å². The van der Waals surface area contributed by atoms with Gasteiger partial charge < -0.3 is 20.4 Å². The number of piperidine rings is 1. The van der Waals surface area contributed by atoms with Crippen LogP contribution in [0.4, 0.5) is 5.13 Å². The smallest absolute Gasteiger partial charge is 0.191 e. The first-order valence-corrected chi connectivity index (χ1v) is 10.9. The van der Waals surface area contributed by atoms with Crippen LogP contribution in [0.15, 0.2) is 16.6 Å². The summed E-state index contributed by atoms with van der Waals surface area (Å²) in [7, 11) is 0. The molecule has 27 heavy (non-hydrogen) atoms. The summed E-state index contributed by atoms with van der Waals surface area (Å²) >= 11 is 1.70. The number of anilines is 1. The van der Waals surface area contributed by atoms with Crippen molar-refractivity contribution in [3.8, 4) is 0 Å². The highest BCUT2D eigenvalue weighted by Gasteiger charge is 2.21. The molecule has 2 aliphatic rings. The molecule has 3 rings (SSSR count). The minimum absolute atomic E-state index is 0. The molecule has 0 atom stereocenters. The van der Waals surface area contributed by atoms with Crippen LogP contribution in [-0.2, 0) is 0 Å². The summed E-state index contributed by atoms with van der Waals surface area (Å²) < 4.78 is 0. The Morgan fingerprint density at radius 3 is 2.52 bits per heavy atom. The highest BCUT2D eigenvalue weighted by atomic mass is 127. The zero-order valence-electron chi connectivity index (χ0n) is 16.7. The number of thiazole rings is 1. The van der Waals surface area contributed by atoms with Crippen LogP contribution in [0.1, 0.15) is 33.1 Å². The predicted molar refractivity (Wildman–Crippen MR) is 126 cm³/mol. The molecule has 2 fully saturated rings. The monoisotopic (exact) mass is 506 g/mol. The zero-order chi connectivity index (χ0) is 18.4. The molecule has 6 nitrogen and oxygen atoms in total. The van der Waals surface area contributed by atoms with Crippen molar-refractivity contribution < 1.29 is 0 Å². The maximum atomic E-state index is 6.27. The van der Waals surface area contributed by atoms with Crippen molar-refractivity contribution in [2.75, 3.05) is 57.3 Å². The normalized spacial score (nSPS) is 20.2. The minimum Gasteiger partial charge on any atom is -0.370 e. The molecule has 0 amide bonds. The van der Waals surface area contributed by atoms with E-state index in [1.165, 1.54) is 38.9 Å². The number of guanidine groups is 1. The molecule has 0 aromatic carbocycles. The van der Waals surface area contributed by atoms with Gasteiger partial charge >= 0.3 is 0 Å². The number of likely N-dealkylation sites (tertiary alicyclic amines) is 1. The fourth-order valence-corrected chi connectivity index (χ4v) is 4.35. The summed E-state index contributed by atoms with van der Waals surface area (Å²) in [5, 5.41) is 3.15. The number of aromatic nitrogens is 1. The highest BCUT2D eigenvalue weighted by Crippen LogP contribution is 2.20. The molecule has 0 saturated carbocycles. The maximum Gasteiger partial charge on any atom is 0.191 e. The lowest BCUT2D eigenvalue weighted by atomic mass is 9.96. The van der Waals surface area contributed by atoms with Crippen LogP contribution >= 0.6 is 35.3 Å². The number of nitrogens with two attached hydrogens (primary N) is 1. The summed E-state index contributed by atoms with van der Waals surface area (Å²) in [5.74, 6) is 2.22. The van der Waals surface area contributed by atoms with E-state index < -0.39 is 0 Å². The molecule has 0 spiro atoms. The van der Waals surface area contributed by atoms with Gasteiger partial charge in [0.05, 0.1) is 0 Å². The summed E-state index contributed by atoms with van der Waals surface area (Å²) in [6.07, 6.45) is 5.69. The van der Waals surface area contributed by atoms with Crippen LogP contribution in [0.5, 0.6) is 0 Å². The fraction of sp³-hybridized carbons (Fsp3) is 0.789. The van der Waals surface area contributed by atoms with Gasteiger partial charge in [0.15, 0.2) is 11.1 Å². The number of halogens is 1. The fourth-order valence-electron chi connectivity index (χ4n) is 3.65. The molecule has 0 aliphatic carbocycles. The number of rotatable bonds is 6. The lowest BCUT2D eigenvalue weighted by Gasteiger charge is -2.35. The third-order valence-corrected chi connectivity index (χ3v) is 6.37. The Morgan fingerprint density at radius 1 is 1.22 bits per heavy atom. The van der Waals surface area contributed by atoms with Gasteiger partial charge in [-0.3, -0.25) is 4.99 Å². The molecule has 1 aromatic heterocycles. The van der Waals surface area contributed by atoms with E-state index in [0.29, 0.717) is 5.92 Å². The van der Waals surface area contributed by atoms with Crippen LogP contribution in [0.2, 0.25) is 0 Å². The quantitative estimate of drug-likeness (QED) is 0.365. The zero-order valence-corrected chi connectivity index (χ0v) is 19.9. The molecule has 2 N–H and O–H groups in total. The lowest BCUT2D eigenvalue weighted by Crippen LogP contribution is -2.51. The summed E-state index contributed by atoms with van der Waals surface area (Å²) in [5.41, 5.74) is 6.27. The highest BCUT2D eigenvalue weighted by molar-refractivity contribution is 14.0. The SMILES string of the molecule is CC(C)CCN1CCC(CN=C(N)N2CCN(c3nccs3)CC2)CC1.I. The first-order chi connectivity index (χ1) is 12.6. The minimum atomic E-state index is 0. The van der Waals surface area contributed by atoms with Crippen molar-refractivity contribution in [1.82, 2.24) is 14.8 Å². The van der Waals surface area contributed by atoms with Crippen LogP contribution in [0, 0.1) is 11.8 Å². The maximum absolute atomic E-state index is 6.27. The van der Waals surface area contributed by atoms with Crippen molar-refractivity contribution in [2.24, 2.45) is 22.6 Å². The van der Waals surface area contributed by atoms with Crippen molar-refractivity contribution in [1.29, 1.82) is 0 Å². The molecule has 154 valence electrons. The number of aliphatic imine (C=N–C) groups is 1. The first kappa shape index (κ1) is 22.7. The van der Waals surface area contributed by atoms with Gasteiger partial charge in [-0.1, -0.05) is 13.8 Å². The van der Waals surface area contributed by atoms with E-state index in [1.54, 1.807) is 11.3 Å². The van der Waals surface area contributed by atoms with E-state index in [0.717, 1.165) is 49.7 Å². The Kier molecular flexibility index (Phi) is 9.58. The van der Waals surface area contributed by atoms with Gasteiger partial charge in [-0.05, 0) is 50.7 Å². The summed E-state index contributed by atoms with van der Waals surface area (Å²) in [4.78, 5) is 16.3. The summed E-state index contributed by atoms with van der Waals surface area (Å²) in [6, 6.07) is 0. The lowest BCUT2D eigenvalue weighted by molar-refractivity contribution is 0.179. The van der Waals surface area contributed by atoms with Gasteiger partial charge in [-0.15, -0.1) is 35.3 Å². The van der Waals surface area contributed by atoms with Crippen molar-refractivity contribution >= 4 is 46.4 Å². The van der Waals surface area contributed by atoms with Gasteiger partial charge in [0, 0.05) is 44.3 Å². The number of nitrogens with zero attached hydrogens (tertiary/aromatic N) is 5. The van der Waals surface area contributed by atoms with Crippen LogP contribution in [0.25, 0.3) is 0 Å². The van der Waals surface area contributed by atoms with Crippen LogP contribution < -0.4 is 10.6 Å². The first-order valence-electron chi connectivity index (χ1n) is 10.0. The van der Waals surface area contributed by atoms with E-state index in [9.17, 15) is 0 Å². The van der Waals surface area contributed by atoms with Gasteiger partial charge in [0.2, 0.25) is 0 Å². The Balaban J connectivity index is 0.00000261. The number of piperazine rings is 1. The van der Waals surface area contributed by atoms with E-state index in [-0.39, 0.29) is 24.0 Å². The van der Waals surface area contributed by atoms with Crippen LogP contribution in [0.3, 0.4) is 0 Å². The van der Waals surface area contributed by atoms with E-state index in [4.69, 9.17) is 10.7 Å². The standard InChI is InChI=1S/C19H34N6S.HI/c1-16(2)3-7-23-8-4-17(5-9-23)15-22-18(20)24-10-12-25(13-11-24)19-21-6-14-26-19;/h6,14,16-17H,3-5,7-13,15H2,1-2H3,(H2,20,22);1H. The second-order valence-corrected chi connectivity index (χ2v) is 8.83. The Morgan fingerprint density at radius 2 is 1.93 bits per heavy atom. The molecule has 2 aliphatic heterocycles. The number of hydrogen-bond acceptors (Lipinski definition) is 5. The van der Waals surface area contributed by atoms with E-state index in [2.05, 4.69) is 33.5 Å². The molecule has 8 heteroatoms. The summed E-state index contributed by atoms with van der Waals surface area (Å²) in [6.45, 7) is 13.0. The topological polar surface area (TPSA) is 61.0 Å². The second-order valence-electron chi connectivity index (χ2n) is 7.96. The largest absolute Gasteiger partial charge is 0.370 e. The third kappa shape index (κ3) is 7.05. The Labute approximate surface area is 185 Å². The molecule has 0 radical (unpaired) electrons. The molecule has 0 unspecified atom stereocenters. The van der Waals surface area contributed by atoms with E-state index in [1.807, 2.05) is 11.6 Å². The second kappa shape index (κ2) is 11.4. The van der Waals surface area contributed by atoms with Crippen molar-refractivity contribution in [2.45, 2.75) is 33.1 Å². The van der Waals surface area contributed by atoms with E-state index >= 15 is 0 Å². The Bertz CT molecular complexity index is 549. The van der Waals surface area contributed by atoms with Crippen molar-refractivity contribution in [3.63, 3.8) is 0 Å². The number of hydrogen-bond donors (Lipinski definition) is 1. The van der Waals surface area contributed by atoms with Gasteiger partial charge in [-0.25, -0.2) is 4.98 Å². The molecular formula is C19H35IN6S. The average Bonchev–Trinajstić information content (AvgIpc) is 3.20.